The highest BCUT2D eigenvalue weighted by Crippen LogP contribution is 2.12. The van der Waals surface area contributed by atoms with Gasteiger partial charge in [-0.2, -0.15) is 0 Å². The smallest absolute Gasteiger partial charge is 0.236 e. The number of carbonyl (C=O) groups is 1. The third kappa shape index (κ3) is 3.76. The summed E-state index contributed by atoms with van der Waals surface area (Å²) in [7, 11) is 1.69. The molecule has 3 N–H and O–H groups in total. The molecule has 0 spiro atoms. The number of nitrogens with zero attached hydrogens (tertiary/aromatic N) is 1. The van der Waals surface area contributed by atoms with E-state index in [2.05, 4.69) is 34.5 Å². The van der Waals surface area contributed by atoms with Crippen molar-refractivity contribution in [3.8, 4) is 0 Å². The molecule has 1 saturated heterocycles. The number of rotatable bonds is 5. The van der Waals surface area contributed by atoms with Gasteiger partial charge in [0.15, 0.2) is 0 Å². The Bertz CT molecular complexity index is 419. The van der Waals surface area contributed by atoms with Gasteiger partial charge in [0.25, 0.3) is 0 Å². The number of hydrogen-bond acceptors (Lipinski definition) is 4. The average Bonchev–Trinajstić information content (AvgIpc) is 2.42. The molecule has 1 atom stereocenters. The largest absolute Gasteiger partial charge is 0.380 e. The molecule has 0 aliphatic carbocycles. The number of benzene rings is 1. The van der Waals surface area contributed by atoms with E-state index in [0.717, 1.165) is 25.2 Å². The van der Waals surface area contributed by atoms with Crippen molar-refractivity contribution in [3.63, 3.8) is 0 Å². The minimum absolute atomic E-state index is 0.215. The molecular formula is C14H21N3O2. The molecule has 0 saturated carbocycles. The molecule has 2 rings (SSSR count). The molecule has 5 nitrogen and oxygen atoms in total. The summed E-state index contributed by atoms with van der Waals surface area (Å²) in [4.78, 5) is 13.5. The summed E-state index contributed by atoms with van der Waals surface area (Å²) in [6, 6.07) is 8.05. The van der Waals surface area contributed by atoms with Gasteiger partial charge in [0.1, 0.15) is 6.04 Å². The van der Waals surface area contributed by atoms with E-state index < -0.39 is 0 Å². The van der Waals surface area contributed by atoms with Crippen LogP contribution in [0.15, 0.2) is 24.3 Å². The fourth-order valence-corrected chi connectivity index (χ4v) is 2.36. The Morgan fingerprint density at radius 2 is 2.11 bits per heavy atom. The Balaban J connectivity index is 2.00. The van der Waals surface area contributed by atoms with Gasteiger partial charge in [-0.3, -0.25) is 9.69 Å². The number of nitrogens with two attached hydrogens (primary N) is 1. The predicted molar refractivity (Wildman–Crippen MR) is 73.4 cm³/mol. The van der Waals surface area contributed by atoms with Crippen LogP contribution < -0.4 is 11.1 Å². The molecule has 1 aromatic rings. The first kappa shape index (κ1) is 14.0. The second-order valence-electron chi connectivity index (χ2n) is 4.84. The van der Waals surface area contributed by atoms with Gasteiger partial charge in [-0.15, -0.1) is 0 Å². The lowest BCUT2D eigenvalue weighted by atomic mass is 10.1. The molecule has 5 heteroatoms. The summed E-state index contributed by atoms with van der Waals surface area (Å²) in [6.45, 7) is 3.75. The van der Waals surface area contributed by atoms with Crippen LogP contribution in [0, 0.1) is 0 Å². The highest BCUT2D eigenvalue weighted by atomic mass is 16.5. The van der Waals surface area contributed by atoms with Crippen molar-refractivity contribution in [2.45, 2.75) is 19.2 Å². The zero-order valence-electron chi connectivity index (χ0n) is 11.3. The highest BCUT2D eigenvalue weighted by molar-refractivity contribution is 5.80. The maximum absolute atomic E-state index is 11.4. The first-order valence-corrected chi connectivity index (χ1v) is 6.51. The first-order valence-electron chi connectivity index (χ1n) is 6.51. The normalized spacial score (nSPS) is 20.4. The van der Waals surface area contributed by atoms with Gasteiger partial charge in [0.2, 0.25) is 5.91 Å². The van der Waals surface area contributed by atoms with E-state index in [9.17, 15) is 4.79 Å². The Hall–Kier alpha value is -1.43. The van der Waals surface area contributed by atoms with Crippen LogP contribution in [0.1, 0.15) is 11.1 Å². The Morgan fingerprint density at radius 3 is 2.74 bits per heavy atom. The Kier molecular flexibility index (Phi) is 4.90. The first-order chi connectivity index (χ1) is 9.20. The molecule has 0 radical (unpaired) electrons. The highest BCUT2D eigenvalue weighted by Gasteiger charge is 2.26. The number of methoxy groups -OCH3 is 1. The van der Waals surface area contributed by atoms with Gasteiger partial charge in [0.05, 0.1) is 6.61 Å². The van der Waals surface area contributed by atoms with Crippen molar-refractivity contribution < 1.29 is 9.53 Å². The number of primary amides is 1. The van der Waals surface area contributed by atoms with Gasteiger partial charge < -0.3 is 15.8 Å². The van der Waals surface area contributed by atoms with Gasteiger partial charge >= 0.3 is 0 Å². The van der Waals surface area contributed by atoms with Gasteiger partial charge in [0, 0.05) is 33.3 Å². The molecule has 1 unspecified atom stereocenters. The van der Waals surface area contributed by atoms with Crippen LogP contribution in [0.5, 0.6) is 0 Å². The maximum Gasteiger partial charge on any atom is 0.236 e. The fourth-order valence-electron chi connectivity index (χ4n) is 2.36. The number of hydrogen-bond donors (Lipinski definition) is 2. The van der Waals surface area contributed by atoms with E-state index in [1.54, 1.807) is 7.11 Å². The van der Waals surface area contributed by atoms with Crippen molar-refractivity contribution in [3.05, 3.63) is 35.4 Å². The molecule has 1 amide bonds. The van der Waals surface area contributed by atoms with E-state index in [1.165, 1.54) is 5.56 Å². The summed E-state index contributed by atoms with van der Waals surface area (Å²) in [5, 5.41) is 3.20. The van der Waals surface area contributed by atoms with Crippen LogP contribution >= 0.6 is 0 Å². The number of nitrogens with one attached hydrogen (secondary N) is 1. The lowest BCUT2D eigenvalue weighted by Crippen LogP contribution is -2.56. The van der Waals surface area contributed by atoms with Crippen molar-refractivity contribution in [2.75, 3.05) is 26.7 Å². The predicted octanol–water partition coefficient (Wildman–Crippen LogP) is 0.0921. The molecule has 0 bridgehead atoms. The lowest BCUT2D eigenvalue weighted by molar-refractivity contribution is -0.124. The van der Waals surface area contributed by atoms with Crippen molar-refractivity contribution in [2.24, 2.45) is 5.73 Å². The van der Waals surface area contributed by atoms with Gasteiger partial charge in [-0.25, -0.2) is 0 Å². The quantitative estimate of drug-likeness (QED) is 0.790. The third-order valence-electron chi connectivity index (χ3n) is 3.40. The number of amides is 1. The molecule has 1 heterocycles. The van der Waals surface area contributed by atoms with Crippen molar-refractivity contribution >= 4 is 5.91 Å². The van der Waals surface area contributed by atoms with E-state index in [0.29, 0.717) is 13.2 Å². The molecule has 1 aliphatic heterocycles. The summed E-state index contributed by atoms with van der Waals surface area (Å²) >= 11 is 0. The van der Waals surface area contributed by atoms with Crippen LogP contribution in [-0.2, 0) is 22.7 Å². The monoisotopic (exact) mass is 263 g/mol. The minimum atomic E-state index is -0.261. The van der Waals surface area contributed by atoms with Crippen LogP contribution in [0.3, 0.4) is 0 Å². The van der Waals surface area contributed by atoms with E-state index in [1.807, 2.05) is 0 Å². The molecule has 1 aromatic carbocycles. The van der Waals surface area contributed by atoms with Crippen LogP contribution in [0.25, 0.3) is 0 Å². The molecule has 1 fully saturated rings. The van der Waals surface area contributed by atoms with Crippen LogP contribution in [0.2, 0.25) is 0 Å². The number of piperazine rings is 1. The molecular weight excluding hydrogens is 242 g/mol. The van der Waals surface area contributed by atoms with Crippen LogP contribution in [-0.4, -0.2) is 43.6 Å². The molecule has 1 aliphatic rings. The van der Waals surface area contributed by atoms with Crippen LogP contribution in [0.4, 0.5) is 0 Å². The van der Waals surface area contributed by atoms with Gasteiger partial charge in [-0.05, 0) is 11.1 Å². The zero-order valence-corrected chi connectivity index (χ0v) is 11.3. The van der Waals surface area contributed by atoms with E-state index in [4.69, 9.17) is 10.5 Å². The minimum Gasteiger partial charge on any atom is -0.380 e. The number of carbonyl (C=O) groups excluding carboxylic acids is 1. The summed E-state index contributed by atoms with van der Waals surface area (Å²) in [6.07, 6.45) is 0. The van der Waals surface area contributed by atoms with Crippen molar-refractivity contribution in [1.29, 1.82) is 0 Å². The second kappa shape index (κ2) is 6.65. The molecule has 19 heavy (non-hydrogen) atoms. The summed E-state index contributed by atoms with van der Waals surface area (Å²) in [5.41, 5.74) is 7.78. The SMILES string of the molecule is COCc1ccc(CN2CCNCC2C(N)=O)cc1. The fraction of sp³-hybridized carbons (Fsp3) is 0.500. The van der Waals surface area contributed by atoms with E-state index >= 15 is 0 Å². The van der Waals surface area contributed by atoms with Crippen molar-refractivity contribution in [1.82, 2.24) is 10.2 Å². The standard InChI is InChI=1S/C14H21N3O2/c1-19-10-12-4-2-11(3-5-12)9-17-7-6-16-8-13(17)14(15)18/h2-5,13,16H,6-10H2,1H3,(H2,15,18). The third-order valence-corrected chi connectivity index (χ3v) is 3.40. The Labute approximate surface area is 113 Å². The summed E-state index contributed by atoms with van der Waals surface area (Å²) < 4.78 is 5.09. The van der Waals surface area contributed by atoms with E-state index in [-0.39, 0.29) is 11.9 Å². The topological polar surface area (TPSA) is 67.6 Å². The lowest BCUT2D eigenvalue weighted by Gasteiger charge is -2.34. The summed E-state index contributed by atoms with van der Waals surface area (Å²) in [5.74, 6) is -0.261. The zero-order chi connectivity index (χ0) is 13.7. The van der Waals surface area contributed by atoms with Gasteiger partial charge in [-0.1, -0.05) is 24.3 Å². The number of ether oxygens (including phenoxy) is 1. The maximum atomic E-state index is 11.4. The molecule has 104 valence electrons. The second-order valence-corrected chi connectivity index (χ2v) is 4.84. The average molecular weight is 263 g/mol. The molecule has 0 aromatic heterocycles. The Morgan fingerprint density at radius 1 is 1.42 bits per heavy atom.